The van der Waals surface area contributed by atoms with Crippen molar-refractivity contribution in [2.45, 2.75) is 38.7 Å². The number of alkyl halides is 2. The van der Waals surface area contributed by atoms with Crippen molar-refractivity contribution >= 4 is 22.6 Å². The molecule has 0 aliphatic heterocycles. The predicted molar refractivity (Wildman–Crippen MR) is 123 cm³/mol. The number of carbonyl (C=O) groups excluding carboxylic acids is 1. The van der Waals surface area contributed by atoms with Gasteiger partial charge in [0.1, 0.15) is 5.52 Å². The van der Waals surface area contributed by atoms with Crippen LogP contribution in [0.1, 0.15) is 45.1 Å². The molecule has 10 heteroatoms. The van der Waals surface area contributed by atoms with E-state index in [0.29, 0.717) is 17.8 Å². The second-order valence-electron chi connectivity index (χ2n) is 8.64. The number of nitrogens with zero attached hydrogens (tertiary/aromatic N) is 3. The number of carbonyl (C=O) groups is 1. The van der Waals surface area contributed by atoms with E-state index in [4.69, 9.17) is 5.73 Å². The Labute approximate surface area is 192 Å². The molecule has 2 heterocycles. The number of nitrogens with one attached hydrogen (secondary N) is 2. The van der Waals surface area contributed by atoms with Crippen LogP contribution in [0.15, 0.2) is 47.3 Å². The molecule has 4 N–H and O–H groups in total. The van der Waals surface area contributed by atoms with E-state index in [-0.39, 0.29) is 34.7 Å². The summed E-state index contributed by atoms with van der Waals surface area (Å²) in [6.45, 7) is 4.12. The van der Waals surface area contributed by atoms with Crippen LogP contribution in [0, 0.1) is 13.8 Å². The summed E-state index contributed by atoms with van der Waals surface area (Å²) < 4.78 is 28.9. The Morgan fingerprint density at radius 1 is 1.24 bits per heavy atom. The maximum Gasteiger partial charge on any atom is 0.275 e. The van der Waals surface area contributed by atoms with E-state index >= 15 is 0 Å². The van der Waals surface area contributed by atoms with E-state index in [1.165, 1.54) is 4.68 Å². The summed E-state index contributed by atoms with van der Waals surface area (Å²) >= 11 is 0. The molecule has 1 atom stereocenters. The van der Waals surface area contributed by atoms with Gasteiger partial charge < -0.3 is 11.1 Å². The number of aromatic amines is 1. The lowest BCUT2D eigenvalue weighted by molar-refractivity contribution is 0.0950. The van der Waals surface area contributed by atoms with Crippen molar-refractivity contribution in [3.8, 4) is 5.69 Å². The molecule has 174 valence electrons. The number of halogens is 2. The number of aryl methyl sites for hydroxylation is 2. The van der Waals surface area contributed by atoms with Crippen LogP contribution in [0.2, 0.25) is 0 Å². The first-order valence-electron chi connectivity index (χ1n) is 10.7. The molecule has 1 aliphatic rings. The maximum atomic E-state index is 13.8. The van der Waals surface area contributed by atoms with Crippen LogP contribution in [0.4, 0.5) is 14.6 Å². The molecule has 0 radical (unpaired) electrons. The number of benzene rings is 2. The Bertz CT molecular complexity index is 1490. The summed E-state index contributed by atoms with van der Waals surface area (Å²) in [5, 5.41) is 13.3. The summed E-state index contributed by atoms with van der Waals surface area (Å²) in [7, 11) is 0. The van der Waals surface area contributed by atoms with Gasteiger partial charge in [0, 0.05) is 18.5 Å². The monoisotopic (exact) mass is 464 g/mol. The number of hydrogen-bond acceptors (Lipinski definition) is 5. The molecule has 4 aromatic rings. The van der Waals surface area contributed by atoms with Crippen LogP contribution in [-0.4, -0.2) is 31.8 Å². The number of H-pyrrole nitrogens is 1. The Hall–Kier alpha value is -4.08. The van der Waals surface area contributed by atoms with E-state index in [2.05, 4.69) is 20.6 Å². The quantitative estimate of drug-likeness (QED) is 0.419. The van der Waals surface area contributed by atoms with Gasteiger partial charge in [-0.1, -0.05) is 29.8 Å². The lowest BCUT2D eigenvalue weighted by Gasteiger charge is -2.10. The van der Waals surface area contributed by atoms with E-state index in [1.54, 1.807) is 24.3 Å². The molecule has 2 aromatic heterocycles. The number of rotatable bonds is 5. The van der Waals surface area contributed by atoms with Crippen LogP contribution in [0.25, 0.3) is 16.6 Å². The molecule has 5 rings (SSSR count). The Kier molecular flexibility index (Phi) is 4.96. The van der Waals surface area contributed by atoms with Gasteiger partial charge in [0.25, 0.3) is 17.4 Å². The minimum Gasteiger partial charge on any atom is -0.380 e. The topological polar surface area (TPSA) is 119 Å². The highest BCUT2D eigenvalue weighted by Crippen LogP contribution is 2.56. The van der Waals surface area contributed by atoms with E-state index in [1.807, 2.05) is 32.0 Å². The van der Waals surface area contributed by atoms with Gasteiger partial charge in [0.15, 0.2) is 5.82 Å². The lowest BCUT2D eigenvalue weighted by atomic mass is 10.0. The molecule has 2 aromatic carbocycles. The number of amides is 1. The number of nitrogens with two attached hydrogens (primary N) is 1. The summed E-state index contributed by atoms with van der Waals surface area (Å²) in [6, 6.07) is 12.7. The van der Waals surface area contributed by atoms with Crippen molar-refractivity contribution < 1.29 is 13.6 Å². The van der Waals surface area contributed by atoms with Crippen molar-refractivity contribution in [1.29, 1.82) is 0 Å². The summed E-state index contributed by atoms with van der Waals surface area (Å²) in [6.07, 6.45) is -0.361. The molecule has 1 saturated carbocycles. The summed E-state index contributed by atoms with van der Waals surface area (Å²) in [4.78, 5) is 25.0. The summed E-state index contributed by atoms with van der Waals surface area (Å²) in [5.41, 5.74) is 9.45. The number of anilines is 1. The van der Waals surface area contributed by atoms with Crippen molar-refractivity contribution in [1.82, 2.24) is 25.3 Å². The van der Waals surface area contributed by atoms with Crippen molar-refractivity contribution in [3.05, 3.63) is 80.8 Å². The molecular formula is C24H22F2N6O2. The maximum absolute atomic E-state index is 13.8. The normalized spacial score (nSPS) is 16.5. The fourth-order valence-electron chi connectivity index (χ4n) is 4.07. The Morgan fingerprint density at radius 2 is 1.94 bits per heavy atom. The van der Waals surface area contributed by atoms with Gasteiger partial charge in [-0.05, 0) is 43.2 Å². The second kappa shape index (κ2) is 7.75. The zero-order valence-electron chi connectivity index (χ0n) is 18.5. The van der Waals surface area contributed by atoms with Crippen molar-refractivity contribution in [2.75, 3.05) is 5.73 Å². The first kappa shape index (κ1) is 21.7. The first-order valence-corrected chi connectivity index (χ1v) is 10.7. The SMILES string of the molecule is Cc1ccc(C)c(C(=O)NCc2ccc(-n3nc(C4CC4(F)F)c4c(=O)[nH]nc(N)c43)cc2)c1. The third kappa shape index (κ3) is 3.70. The molecule has 1 fully saturated rings. The van der Waals surface area contributed by atoms with Crippen LogP contribution in [-0.2, 0) is 6.54 Å². The minimum absolute atomic E-state index is 0.0119. The third-order valence-corrected chi connectivity index (χ3v) is 6.09. The zero-order valence-corrected chi connectivity index (χ0v) is 18.5. The smallest absolute Gasteiger partial charge is 0.275 e. The van der Waals surface area contributed by atoms with Gasteiger partial charge in [-0.3, -0.25) is 9.59 Å². The van der Waals surface area contributed by atoms with Crippen LogP contribution < -0.4 is 16.6 Å². The number of aromatic nitrogens is 4. The largest absolute Gasteiger partial charge is 0.380 e. The average molecular weight is 464 g/mol. The number of hydrogen-bond donors (Lipinski definition) is 3. The van der Waals surface area contributed by atoms with Crippen LogP contribution in [0.3, 0.4) is 0 Å². The van der Waals surface area contributed by atoms with Crippen molar-refractivity contribution in [3.63, 3.8) is 0 Å². The molecule has 34 heavy (non-hydrogen) atoms. The van der Waals surface area contributed by atoms with Crippen LogP contribution in [0.5, 0.6) is 0 Å². The molecule has 0 bridgehead atoms. The van der Waals surface area contributed by atoms with Gasteiger partial charge in [-0.15, -0.1) is 0 Å². The fraction of sp³-hybridized carbons (Fsp3) is 0.250. The first-order chi connectivity index (χ1) is 16.2. The zero-order chi connectivity index (χ0) is 24.2. The highest BCUT2D eigenvalue weighted by Gasteiger charge is 2.60. The Morgan fingerprint density at radius 3 is 2.62 bits per heavy atom. The highest BCUT2D eigenvalue weighted by molar-refractivity contribution is 5.95. The molecule has 1 aliphatic carbocycles. The molecule has 1 amide bonds. The van der Waals surface area contributed by atoms with E-state index in [0.717, 1.165) is 16.7 Å². The molecule has 1 unspecified atom stereocenters. The van der Waals surface area contributed by atoms with E-state index < -0.39 is 17.4 Å². The fourth-order valence-corrected chi connectivity index (χ4v) is 4.07. The van der Waals surface area contributed by atoms with Gasteiger partial charge in [-0.25, -0.2) is 18.6 Å². The van der Waals surface area contributed by atoms with Gasteiger partial charge in [0.2, 0.25) is 0 Å². The predicted octanol–water partition coefficient (Wildman–Crippen LogP) is 3.36. The number of nitrogen functional groups attached to an aromatic ring is 1. The summed E-state index contributed by atoms with van der Waals surface area (Å²) in [5.74, 6) is -4.20. The highest BCUT2D eigenvalue weighted by atomic mass is 19.3. The van der Waals surface area contributed by atoms with Gasteiger partial charge in [-0.2, -0.15) is 10.2 Å². The van der Waals surface area contributed by atoms with Crippen molar-refractivity contribution in [2.24, 2.45) is 0 Å². The van der Waals surface area contributed by atoms with Gasteiger partial charge >= 0.3 is 0 Å². The molecule has 0 spiro atoms. The molecule has 0 saturated heterocycles. The number of fused-ring (bicyclic) bond motifs is 1. The third-order valence-electron chi connectivity index (χ3n) is 6.09. The standard InChI is InChI=1S/C24H22F2N6O2/c1-12-3-4-13(2)16(9-12)22(33)28-11-14-5-7-15(8-6-14)32-20-18(23(34)30-29-21(20)27)19(31-32)17-10-24(17,25)26/h3-9,17H,10-11H2,1-2H3,(H2,27,29)(H,28,33)(H,30,34). The Balaban J connectivity index is 1.42. The lowest BCUT2D eigenvalue weighted by Crippen LogP contribution is -2.23. The molecule has 8 nitrogen and oxygen atoms in total. The van der Waals surface area contributed by atoms with Gasteiger partial charge in [0.05, 0.1) is 22.7 Å². The van der Waals surface area contributed by atoms with E-state index in [9.17, 15) is 18.4 Å². The van der Waals surface area contributed by atoms with Crippen LogP contribution >= 0.6 is 0 Å². The minimum atomic E-state index is -2.89. The molecular weight excluding hydrogens is 442 g/mol. The second-order valence-corrected chi connectivity index (χ2v) is 8.64. The average Bonchev–Trinajstić information content (AvgIpc) is 3.25.